The van der Waals surface area contributed by atoms with Crippen LogP contribution < -0.4 is 9.80 Å². The Hall–Kier alpha value is -3.16. The first kappa shape index (κ1) is 13.3. The summed E-state index contributed by atoms with van der Waals surface area (Å²) in [4.78, 5) is 20.6. The maximum atomic E-state index is 4.60. The summed E-state index contributed by atoms with van der Waals surface area (Å²) in [6.45, 7) is 1.83. The molecule has 5 heterocycles. The van der Waals surface area contributed by atoms with Crippen molar-refractivity contribution >= 4 is 28.3 Å². The van der Waals surface area contributed by atoms with Crippen LogP contribution in [0.15, 0.2) is 43.1 Å². The summed E-state index contributed by atoms with van der Waals surface area (Å²) in [6.07, 6.45) is 7.13. The zero-order valence-electron chi connectivity index (χ0n) is 13.2. The molecule has 0 aromatic carbocycles. The highest BCUT2D eigenvalue weighted by Crippen LogP contribution is 2.27. The number of anilines is 2. The number of nitrogens with one attached hydrogen (secondary N) is 1. The van der Waals surface area contributed by atoms with E-state index in [0.717, 1.165) is 41.4 Å². The van der Waals surface area contributed by atoms with Gasteiger partial charge in [0.15, 0.2) is 5.65 Å². The monoisotopic (exact) mass is 320 g/mol. The Morgan fingerprint density at radius 2 is 2.08 bits per heavy atom. The van der Waals surface area contributed by atoms with E-state index in [1.165, 1.54) is 0 Å². The SMILES string of the molecule is CN(c1ncnc2[nH]ccc12)C1CN(c2ccc3nccn3n2)C1. The van der Waals surface area contributed by atoms with E-state index in [0.29, 0.717) is 6.04 Å². The molecule has 0 amide bonds. The van der Waals surface area contributed by atoms with Crippen LogP contribution in [0.1, 0.15) is 0 Å². The summed E-state index contributed by atoms with van der Waals surface area (Å²) < 4.78 is 1.81. The smallest absolute Gasteiger partial charge is 0.153 e. The standard InChI is InChI=1S/C16H16N8/c1-22(16-12-4-5-18-15(12)19-10-20-16)11-8-23(9-11)14-3-2-13-17-6-7-24(13)21-14/h2-7,10-11H,8-9H2,1H3,(H,18,19,20). The average molecular weight is 320 g/mol. The number of nitrogens with zero attached hydrogens (tertiary/aromatic N) is 7. The number of rotatable bonds is 3. The van der Waals surface area contributed by atoms with Gasteiger partial charge in [0, 0.05) is 38.7 Å². The number of imidazole rings is 1. The van der Waals surface area contributed by atoms with E-state index in [1.54, 1.807) is 17.0 Å². The highest BCUT2D eigenvalue weighted by Gasteiger charge is 2.32. The number of hydrogen-bond acceptors (Lipinski definition) is 6. The normalized spacial score (nSPS) is 15.1. The molecule has 0 atom stereocenters. The van der Waals surface area contributed by atoms with Gasteiger partial charge < -0.3 is 14.8 Å². The van der Waals surface area contributed by atoms with Gasteiger partial charge >= 0.3 is 0 Å². The van der Waals surface area contributed by atoms with Crippen molar-refractivity contribution in [1.82, 2.24) is 29.5 Å². The van der Waals surface area contributed by atoms with Gasteiger partial charge in [0.2, 0.25) is 0 Å². The molecule has 0 saturated carbocycles. The van der Waals surface area contributed by atoms with Crippen molar-refractivity contribution in [3.05, 3.63) is 43.1 Å². The minimum absolute atomic E-state index is 0.401. The van der Waals surface area contributed by atoms with E-state index in [9.17, 15) is 0 Å². The number of likely N-dealkylation sites (N-methyl/N-ethyl adjacent to an activating group) is 1. The molecule has 1 aliphatic rings. The molecule has 8 nitrogen and oxygen atoms in total. The minimum atomic E-state index is 0.401. The third kappa shape index (κ3) is 1.92. The van der Waals surface area contributed by atoms with Crippen LogP contribution in [0, 0.1) is 0 Å². The lowest BCUT2D eigenvalue weighted by molar-refractivity contribution is 0.488. The Morgan fingerprint density at radius 1 is 1.17 bits per heavy atom. The van der Waals surface area contributed by atoms with Gasteiger partial charge in [-0.05, 0) is 18.2 Å². The Kier molecular flexibility index (Phi) is 2.72. The van der Waals surface area contributed by atoms with Crippen molar-refractivity contribution in [2.45, 2.75) is 6.04 Å². The maximum Gasteiger partial charge on any atom is 0.153 e. The van der Waals surface area contributed by atoms with E-state index < -0.39 is 0 Å². The summed E-state index contributed by atoms with van der Waals surface area (Å²) >= 11 is 0. The number of fused-ring (bicyclic) bond motifs is 2. The molecule has 0 radical (unpaired) electrons. The molecule has 0 aliphatic carbocycles. The molecule has 24 heavy (non-hydrogen) atoms. The molecular weight excluding hydrogens is 304 g/mol. The molecule has 1 aliphatic heterocycles. The predicted octanol–water partition coefficient (Wildman–Crippen LogP) is 1.33. The zero-order chi connectivity index (χ0) is 16.1. The van der Waals surface area contributed by atoms with Crippen LogP contribution >= 0.6 is 0 Å². The molecule has 8 heteroatoms. The second-order valence-corrected chi connectivity index (χ2v) is 6.03. The van der Waals surface area contributed by atoms with Crippen LogP contribution in [0.25, 0.3) is 16.7 Å². The molecule has 1 saturated heterocycles. The van der Waals surface area contributed by atoms with Crippen LogP contribution in [-0.4, -0.2) is 55.7 Å². The Bertz CT molecular complexity index is 1010. The first-order chi connectivity index (χ1) is 11.8. The second kappa shape index (κ2) is 4.92. The van der Waals surface area contributed by atoms with Gasteiger partial charge in [0.1, 0.15) is 23.6 Å². The highest BCUT2D eigenvalue weighted by atomic mass is 15.4. The number of H-pyrrole nitrogens is 1. The lowest BCUT2D eigenvalue weighted by Crippen LogP contribution is -2.59. The average Bonchev–Trinajstić information content (AvgIpc) is 3.21. The van der Waals surface area contributed by atoms with Gasteiger partial charge in [0.05, 0.1) is 11.4 Å². The predicted molar refractivity (Wildman–Crippen MR) is 91.3 cm³/mol. The van der Waals surface area contributed by atoms with Gasteiger partial charge in [-0.2, -0.15) is 0 Å². The lowest BCUT2D eigenvalue weighted by Gasteiger charge is -2.45. The van der Waals surface area contributed by atoms with Gasteiger partial charge in [-0.3, -0.25) is 0 Å². The fourth-order valence-electron chi connectivity index (χ4n) is 3.17. The third-order valence-electron chi connectivity index (χ3n) is 4.64. The number of hydrogen-bond donors (Lipinski definition) is 1. The lowest BCUT2D eigenvalue weighted by atomic mass is 10.1. The molecular formula is C16H16N8. The topological polar surface area (TPSA) is 78.2 Å². The third-order valence-corrected chi connectivity index (χ3v) is 4.64. The van der Waals surface area contributed by atoms with E-state index >= 15 is 0 Å². The van der Waals surface area contributed by atoms with Crippen LogP contribution in [0.3, 0.4) is 0 Å². The molecule has 4 aromatic rings. The summed E-state index contributed by atoms with van der Waals surface area (Å²) in [7, 11) is 2.09. The van der Waals surface area contributed by atoms with E-state index in [-0.39, 0.29) is 0 Å². The van der Waals surface area contributed by atoms with Crippen LogP contribution in [0.4, 0.5) is 11.6 Å². The number of aromatic nitrogens is 6. The fraction of sp³-hybridized carbons (Fsp3) is 0.250. The Labute approximate surface area is 137 Å². The molecule has 0 unspecified atom stereocenters. The number of aromatic amines is 1. The van der Waals surface area contributed by atoms with E-state index in [1.807, 2.05) is 30.6 Å². The molecule has 1 fully saturated rings. The summed E-state index contributed by atoms with van der Waals surface area (Å²) in [5, 5.41) is 5.65. The first-order valence-corrected chi connectivity index (χ1v) is 7.86. The fourth-order valence-corrected chi connectivity index (χ4v) is 3.17. The van der Waals surface area contributed by atoms with E-state index in [2.05, 4.69) is 41.9 Å². The summed E-state index contributed by atoms with van der Waals surface area (Å²) in [5.74, 6) is 1.93. The van der Waals surface area contributed by atoms with Crippen LogP contribution in [0.2, 0.25) is 0 Å². The van der Waals surface area contributed by atoms with Gasteiger partial charge in [0.25, 0.3) is 0 Å². The largest absolute Gasteiger partial charge is 0.352 e. The van der Waals surface area contributed by atoms with Gasteiger partial charge in [-0.1, -0.05) is 0 Å². The van der Waals surface area contributed by atoms with E-state index in [4.69, 9.17) is 0 Å². The minimum Gasteiger partial charge on any atom is -0.352 e. The van der Waals surface area contributed by atoms with Crippen molar-refractivity contribution < 1.29 is 0 Å². The molecule has 1 N–H and O–H groups in total. The Morgan fingerprint density at radius 3 is 3.00 bits per heavy atom. The summed E-state index contributed by atoms with van der Waals surface area (Å²) in [6, 6.07) is 6.44. The first-order valence-electron chi connectivity index (χ1n) is 7.86. The highest BCUT2D eigenvalue weighted by molar-refractivity contribution is 5.87. The molecule has 4 aromatic heterocycles. The maximum absolute atomic E-state index is 4.60. The van der Waals surface area contributed by atoms with Crippen molar-refractivity contribution in [2.75, 3.05) is 29.9 Å². The quantitative estimate of drug-likeness (QED) is 0.613. The van der Waals surface area contributed by atoms with Gasteiger partial charge in [-0.15, -0.1) is 5.10 Å². The molecule has 0 spiro atoms. The van der Waals surface area contributed by atoms with Crippen molar-refractivity contribution in [3.8, 4) is 0 Å². The molecule has 0 bridgehead atoms. The molecule has 5 rings (SSSR count). The van der Waals surface area contributed by atoms with Gasteiger partial charge in [-0.25, -0.2) is 19.5 Å². The van der Waals surface area contributed by atoms with Crippen LogP contribution in [0.5, 0.6) is 0 Å². The van der Waals surface area contributed by atoms with Crippen molar-refractivity contribution in [3.63, 3.8) is 0 Å². The second-order valence-electron chi connectivity index (χ2n) is 6.03. The Balaban J connectivity index is 1.36. The molecule has 120 valence electrons. The van der Waals surface area contributed by atoms with Crippen molar-refractivity contribution in [1.29, 1.82) is 0 Å². The van der Waals surface area contributed by atoms with Crippen molar-refractivity contribution in [2.24, 2.45) is 0 Å². The van der Waals surface area contributed by atoms with Crippen LogP contribution in [-0.2, 0) is 0 Å². The summed E-state index contributed by atoms with van der Waals surface area (Å²) in [5.41, 5.74) is 1.74. The zero-order valence-corrected chi connectivity index (χ0v) is 13.2.